The van der Waals surface area contributed by atoms with E-state index >= 15 is 0 Å². The Bertz CT molecular complexity index is 1220. The maximum Gasteiger partial charge on any atom is 0.417 e. The second kappa shape index (κ2) is 9.03. The van der Waals surface area contributed by atoms with E-state index in [9.17, 15) is 22.8 Å². The average molecular weight is 461 g/mol. The number of amides is 1. The molecule has 1 aromatic carbocycles. The van der Waals surface area contributed by atoms with Crippen LogP contribution < -0.4 is 10.9 Å². The van der Waals surface area contributed by atoms with Crippen LogP contribution in [0, 0.1) is 6.92 Å². The van der Waals surface area contributed by atoms with Crippen LogP contribution in [0.1, 0.15) is 55.8 Å². The minimum Gasteiger partial charge on any atom is -0.352 e. The first kappa shape index (κ1) is 23.1. The van der Waals surface area contributed by atoms with Gasteiger partial charge in [-0.2, -0.15) is 18.3 Å². The Kier molecular flexibility index (Phi) is 6.32. The SMILES string of the molecule is CCc1ccc(-n2nc(C)c3c(C(F)(F)F)cc(=O)n(CC(=O)NC4CCCCC4)c32)cc1. The number of pyridine rings is 1. The summed E-state index contributed by atoms with van der Waals surface area (Å²) in [5, 5.41) is 7.10. The van der Waals surface area contributed by atoms with E-state index in [0.29, 0.717) is 11.8 Å². The molecule has 1 fully saturated rings. The van der Waals surface area contributed by atoms with Crippen LogP contribution in [-0.2, 0) is 23.9 Å². The Hall–Kier alpha value is -3.10. The van der Waals surface area contributed by atoms with Gasteiger partial charge < -0.3 is 5.32 Å². The highest BCUT2D eigenvalue weighted by Crippen LogP contribution is 2.36. The lowest BCUT2D eigenvalue weighted by molar-refractivity contribution is -0.136. The minimum absolute atomic E-state index is 0.0279. The quantitative estimate of drug-likeness (QED) is 0.609. The number of hydrogen-bond donors (Lipinski definition) is 1. The van der Waals surface area contributed by atoms with Crippen molar-refractivity contribution in [3.63, 3.8) is 0 Å². The van der Waals surface area contributed by atoms with Gasteiger partial charge in [0.2, 0.25) is 5.91 Å². The van der Waals surface area contributed by atoms with E-state index in [1.807, 2.05) is 19.1 Å². The smallest absolute Gasteiger partial charge is 0.352 e. The number of nitrogens with zero attached hydrogens (tertiary/aromatic N) is 3. The van der Waals surface area contributed by atoms with Gasteiger partial charge in [0.05, 0.1) is 22.3 Å². The molecular formula is C24H27F3N4O2. The van der Waals surface area contributed by atoms with Crippen LogP contribution in [0.25, 0.3) is 16.7 Å². The van der Waals surface area contributed by atoms with Crippen LogP contribution in [0.5, 0.6) is 0 Å². The van der Waals surface area contributed by atoms with Gasteiger partial charge in [0.25, 0.3) is 5.56 Å². The lowest BCUT2D eigenvalue weighted by atomic mass is 9.95. The van der Waals surface area contributed by atoms with Crippen molar-refractivity contribution in [3.8, 4) is 5.69 Å². The fourth-order valence-electron chi connectivity index (χ4n) is 4.55. The molecule has 1 N–H and O–H groups in total. The van der Waals surface area contributed by atoms with E-state index in [4.69, 9.17) is 0 Å². The molecule has 0 bridgehead atoms. The van der Waals surface area contributed by atoms with Crippen molar-refractivity contribution < 1.29 is 18.0 Å². The molecule has 1 amide bonds. The van der Waals surface area contributed by atoms with E-state index in [2.05, 4.69) is 10.4 Å². The Labute approximate surface area is 189 Å². The van der Waals surface area contributed by atoms with Gasteiger partial charge in [-0.1, -0.05) is 38.3 Å². The Morgan fingerprint density at radius 3 is 2.42 bits per heavy atom. The normalized spacial score (nSPS) is 15.2. The van der Waals surface area contributed by atoms with Crippen LogP contribution in [0.15, 0.2) is 35.1 Å². The molecule has 0 spiro atoms. The molecule has 176 valence electrons. The molecule has 9 heteroatoms. The maximum atomic E-state index is 13.8. The number of carbonyl (C=O) groups is 1. The van der Waals surface area contributed by atoms with Crippen molar-refractivity contribution in [1.82, 2.24) is 19.7 Å². The first-order chi connectivity index (χ1) is 15.7. The molecule has 0 radical (unpaired) electrons. The van der Waals surface area contributed by atoms with Crippen LogP contribution in [0.3, 0.4) is 0 Å². The second-order valence-corrected chi connectivity index (χ2v) is 8.60. The lowest BCUT2D eigenvalue weighted by Gasteiger charge is -2.23. The number of carbonyl (C=O) groups excluding carboxylic acids is 1. The maximum absolute atomic E-state index is 13.8. The number of benzene rings is 1. The summed E-state index contributed by atoms with van der Waals surface area (Å²) in [6, 6.07) is 7.83. The summed E-state index contributed by atoms with van der Waals surface area (Å²) in [5.74, 6) is -0.392. The Morgan fingerprint density at radius 2 is 1.82 bits per heavy atom. The van der Waals surface area contributed by atoms with Gasteiger partial charge in [-0.15, -0.1) is 0 Å². The second-order valence-electron chi connectivity index (χ2n) is 8.60. The van der Waals surface area contributed by atoms with Gasteiger partial charge in [0, 0.05) is 12.1 Å². The number of rotatable bonds is 5. The number of aromatic nitrogens is 3. The summed E-state index contributed by atoms with van der Waals surface area (Å²) in [4.78, 5) is 25.6. The molecular weight excluding hydrogens is 433 g/mol. The molecule has 2 heterocycles. The van der Waals surface area contributed by atoms with Crippen molar-refractivity contribution >= 4 is 16.9 Å². The van der Waals surface area contributed by atoms with Crippen LogP contribution in [-0.4, -0.2) is 26.3 Å². The van der Waals surface area contributed by atoms with Crippen LogP contribution in [0.4, 0.5) is 13.2 Å². The van der Waals surface area contributed by atoms with Crippen molar-refractivity contribution in [1.29, 1.82) is 0 Å². The van der Waals surface area contributed by atoms with Crippen LogP contribution in [0.2, 0.25) is 0 Å². The molecule has 2 aromatic heterocycles. The first-order valence-corrected chi connectivity index (χ1v) is 11.3. The lowest BCUT2D eigenvalue weighted by Crippen LogP contribution is -2.40. The topological polar surface area (TPSA) is 68.9 Å². The zero-order valence-electron chi connectivity index (χ0n) is 18.7. The summed E-state index contributed by atoms with van der Waals surface area (Å²) >= 11 is 0. The molecule has 1 aliphatic rings. The van der Waals surface area contributed by atoms with Crippen molar-refractivity contribution in [3.05, 3.63) is 57.5 Å². The molecule has 4 rings (SSSR count). The highest BCUT2D eigenvalue weighted by Gasteiger charge is 2.36. The molecule has 0 saturated heterocycles. The zero-order chi connectivity index (χ0) is 23.8. The molecule has 3 aromatic rings. The van der Waals surface area contributed by atoms with E-state index in [1.165, 1.54) is 11.6 Å². The molecule has 0 aliphatic heterocycles. The van der Waals surface area contributed by atoms with Gasteiger partial charge in [-0.3, -0.25) is 14.2 Å². The average Bonchev–Trinajstić information content (AvgIpc) is 3.12. The number of hydrogen-bond acceptors (Lipinski definition) is 3. The largest absolute Gasteiger partial charge is 0.417 e. The van der Waals surface area contributed by atoms with Crippen molar-refractivity contribution in [2.45, 2.75) is 71.1 Å². The zero-order valence-corrected chi connectivity index (χ0v) is 18.7. The van der Waals surface area contributed by atoms with Gasteiger partial charge >= 0.3 is 6.18 Å². The first-order valence-electron chi connectivity index (χ1n) is 11.3. The fraction of sp³-hybridized carbons (Fsp3) is 0.458. The number of fused-ring (bicyclic) bond motifs is 1. The van der Waals surface area contributed by atoms with Crippen LogP contribution >= 0.6 is 0 Å². The number of alkyl halides is 3. The number of aryl methyl sites for hydroxylation is 2. The molecule has 0 unspecified atom stereocenters. The third-order valence-electron chi connectivity index (χ3n) is 6.26. The Morgan fingerprint density at radius 1 is 1.15 bits per heavy atom. The third-order valence-corrected chi connectivity index (χ3v) is 6.26. The monoisotopic (exact) mass is 460 g/mol. The predicted molar refractivity (Wildman–Crippen MR) is 119 cm³/mol. The Balaban J connectivity index is 1.85. The highest BCUT2D eigenvalue weighted by atomic mass is 19.4. The molecule has 1 saturated carbocycles. The molecule has 0 atom stereocenters. The van der Waals surface area contributed by atoms with E-state index in [-0.39, 0.29) is 29.3 Å². The summed E-state index contributed by atoms with van der Waals surface area (Å²) < 4.78 is 43.9. The van der Waals surface area contributed by atoms with E-state index < -0.39 is 23.2 Å². The van der Waals surface area contributed by atoms with Crippen molar-refractivity contribution in [2.24, 2.45) is 0 Å². The standard InChI is InChI=1S/C24H27F3N4O2/c1-3-16-9-11-18(12-10-16)31-23-22(15(2)29-31)19(24(25,26)27)13-21(33)30(23)14-20(32)28-17-7-5-4-6-8-17/h9-13,17H,3-8,14H2,1-2H3,(H,28,32). The summed E-state index contributed by atoms with van der Waals surface area (Å²) in [6.45, 7) is 3.11. The predicted octanol–water partition coefficient (Wildman–Crippen LogP) is 4.53. The van der Waals surface area contributed by atoms with Crippen molar-refractivity contribution in [2.75, 3.05) is 0 Å². The summed E-state index contributed by atoms with van der Waals surface area (Å²) in [5.41, 5.74) is -0.244. The number of nitrogens with one attached hydrogen (secondary N) is 1. The molecule has 33 heavy (non-hydrogen) atoms. The summed E-state index contributed by atoms with van der Waals surface area (Å²) in [6.07, 6.45) is 0.980. The number of halogens is 3. The van der Waals surface area contributed by atoms with E-state index in [0.717, 1.165) is 48.7 Å². The molecule has 1 aliphatic carbocycles. The third kappa shape index (κ3) is 4.67. The van der Waals surface area contributed by atoms with Gasteiger partial charge in [-0.05, 0) is 43.9 Å². The summed E-state index contributed by atoms with van der Waals surface area (Å²) in [7, 11) is 0. The highest BCUT2D eigenvalue weighted by molar-refractivity contribution is 5.86. The van der Waals surface area contributed by atoms with Gasteiger partial charge in [0.1, 0.15) is 12.2 Å². The fourth-order valence-corrected chi connectivity index (χ4v) is 4.55. The van der Waals surface area contributed by atoms with E-state index in [1.54, 1.807) is 12.1 Å². The van der Waals surface area contributed by atoms with Gasteiger partial charge in [0.15, 0.2) is 0 Å². The molecule has 6 nitrogen and oxygen atoms in total. The van der Waals surface area contributed by atoms with Gasteiger partial charge in [-0.25, -0.2) is 4.68 Å². The minimum atomic E-state index is -4.73.